The standard InChI is InChI=1S/C8H13N2O2P/c1-7-4-5-8(6-10-7)12-13(3,11)9-2/h4-6H,1-3H3,(H,9,11). The zero-order chi connectivity index (χ0) is 9.90. The van der Waals surface area contributed by atoms with Gasteiger partial charge < -0.3 is 4.52 Å². The predicted octanol–water partition coefficient (Wildman–Crippen LogP) is 1.81. The first kappa shape index (κ1) is 10.2. The SMILES string of the molecule is CNP(C)(=O)Oc1ccc(C)nc1. The van der Waals surface area contributed by atoms with Crippen LogP contribution in [0.5, 0.6) is 5.75 Å². The summed E-state index contributed by atoms with van der Waals surface area (Å²) in [5, 5.41) is 2.61. The lowest BCUT2D eigenvalue weighted by molar-refractivity contribution is 0.477. The second-order valence-electron chi connectivity index (χ2n) is 2.80. The minimum atomic E-state index is -2.70. The van der Waals surface area contributed by atoms with Crippen molar-refractivity contribution in [2.24, 2.45) is 0 Å². The van der Waals surface area contributed by atoms with Gasteiger partial charge in [0.15, 0.2) is 0 Å². The van der Waals surface area contributed by atoms with E-state index in [9.17, 15) is 4.57 Å². The number of aromatic nitrogens is 1. The molecule has 0 bridgehead atoms. The predicted molar refractivity (Wildman–Crippen MR) is 52.2 cm³/mol. The number of hydrogen-bond acceptors (Lipinski definition) is 3. The molecular formula is C8H13N2O2P. The maximum Gasteiger partial charge on any atom is 0.313 e. The van der Waals surface area contributed by atoms with E-state index in [1.807, 2.05) is 13.0 Å². The number of rotatable bonds is 3. The van der Waals surface area contributed by atoms with Gasteiger partial charge in [-0.25, -0.2) is 5.09 Å². The monoisotopic (exact) mass is 200 g/mol. The highest BCUT2D eigenvalue weighted by Gasteiger charge is 2.13. The van der Waals surface area contributed by atoms with Gasteiger partial charge in [-0.15, -0.1) is 0 Å². The van der Waals surface area contributed by atoms with Gasteiger partial charge in [0.25, 0.3) is 0 Å². The summed E-state index contributed by atoms with van der Waals surface area (Å²) in [4.78, 5) is 4.02. The van der Waals surface area contributed by atoms with E-state index in [2.05, 4.69) is 10.1 Å². The van der Waals surface area contributed by atoms with Gasteiger partial charge in [-0.3, -0.25) is 9.55 Å². The Hall–Kier alpha value is -0.860. The fourth-order valence-corrected chi connectivity index (χ4v) is 1.36. The second kappa shape index (κ2) is 3.90. The van der Waals surface area contributed by atoms with Gasteiger partial charge in [-0.2, -0.15) is 0 Å². The second-order valence-corrected chi connectivity index (χ2v) is 5.12. The van der Waals surface area contributed by atoms with Gasteiger partial charge in [0, 0.05) is 12.4 Å². The fraction of sp³-hybridized carbons (Fsp3) is 0.375. The van der Waals surface area contributed by atoms with E-state index >= 15 is 0 Å². The van der Waals surface area contributed by atoms with Crippen LogP contribution in [0.4, 0.5) is 0 Å². The van der Waals surface area contributed by atoms with Gasteiger partial charge in [-0.1, -0.05) is 0 Å². The third kappa shape index (κ3) is 3.17. The van der Waals surface area contributed by atoms with E-state index < -0.39 is 7.52 Å². The van der Waals surface area contributed by atoms with E-state index in [0.717, 1.165) is 5.69 Å². The van der Waals surface area contributed by atoms with E-state index in [1.54, 1.807) is 19.3 Å². The summed E-state index contributed by atoms with van der Waals surface area (Å²) < 4.78 is 16.7. The normalized spacial score (nSPS) is 15.0. The summed E-state index contributed by atoms with van der Waals surface area (Å²) in [5.41, 5.74) is 0.905. The highest BCUT2D eigenvalue weighted by atomic mass is 31.2. The van der Waals surface area contributed by atoms with Crippen LogP contribution in [0.2, 0.25) is 0 Å². The molecule has 1 N–H and O–H groups in total. The van der Waals surface area contributed by atoms with Gasteiger partial charge in [0.1, 0.15) is 5.75 Å². The third-order valence-corrected chi connectivity index (χ3v) is 2.94. The van der Waals surface area contributed by atoms with Crippen molar-refractivity contribution in [3.8, 4) is 5.75 Å². The highest BCUT2D eigenvalue weighted by molar-refractivity contribution is 7.56. The molecule has 1 atom stereocenters. The number of nitrogens with one attached hydrogen (secondary N) is 1. The molecule has 1 aromatic heterocycles. The number of hydrogen-bond donors (Lipinski definition) is 1. The van der Waals surface area contributed by atoms with Gasteiger partial charge >= 0.3 is 7.52 Å². The van der Waals surface area contributed by atoms with Crippen LogP contribution in [0.25, 0.3) is 0 Å². The average molecular weight is 200 g/mol. The molecule has 1 heterocycles. The van der Waals surface area contributed by atoms with Crippen LogP contribution in [-0.4, -0.2) is 18.7 Å². The first-order valence-corrected chi connectivity index (χ1v) is 5.99. The molecule has 0 amide bonds. The van der Waals surface area contributed by atoms with E-state index in [0.29, 0.717) is 5.75 Å². The molecular weight excluding hydrogens is 187 g/mol. The summed E-state index contributed by atoms with van der Waals surface area (Å²) in [6, 6.07) is 3.56. The lowest BCUT2D eigenvalue weighted by Crippen LogP contribution is -2.07. The van der Waals surface area contributed by atoms with Crippen molar-refractivity contribution >= 4 is 7.52 Å². The Labute approximate surface area is 77.8 Å². The summed E-state index contributed by atoms with van der Waals surface area (Å²) in [5.74, 6) is 0.519. The molecule has 0 fully saturated rings. The highest BCUT2D eigenvalue weighted by Crippen LogP contribution is 2.37. The molecule has 0 radical (unpaired) electrons. The van der Waals surface area contributed by atoms with Crippen molar-refractivity contribution in [3.05, 3.63) is 24.0 Å². The molecule has 0 aliphatic carbocycles. The van der Waals surface area contributed by atoms with E-state index in [1.165, 1.54) is 6.66 Å². The van der Waals surface area contributed by atoms with Gasteiger partial charge in [0.05, 0.1) is 6.20 Å². The van der Waals surface area contributed by atoms with E-state index in [4.69, 9.17) is 4.52 Å². The fourth-order valence-electron chi connectivity index (χ4n) is 0.755. The molecule has 0 aliphatic rings. The molecule has 0 aliphatic heterocycles. The van der Waals surface area contributed by atoms with Crippen LogP contribution in [0.15, 0.2) is 18.3 Å². The smallest absolute Gasteiger partial charge is 0.313 e. The van der Waals surface area contributed by atoms with Crippen LogP contribution < -0.4 is 9.61 Å². The molecule has 0 aromatic carbocycles. The zero-order valence-corrected chi connectivity index (χ0v) is 8.84. The van der Waals surface area contributed by atoms with Crippen molar-refractivity contribution in [2.45, 2.75) is 6.92 Å². The van der Waals surface area contributed by atoms with Gasteiger partial charge in [-0.05, 0) is 26.1 Å². The first-order chi connectivity index (χ1) is 6.03. The summed E-state index contributed by atoms with van der Waals surface area (Å²) in [6.45, 7) is 3.40. The number of pyridine rings is 1. The largest absolute Gasteiger partial charge is 0.431 e. The van der Waals surface area contributed by atoms with Crippen molar-refractivity contribution in [2.75, 3.05) is 13.7 Å². The topological polar surface area (TPSA) is 51.2 Å². The lowest BCUT2D eigenvalue weighted by atomic mass is 10.4. The molecule has 13 heavy (non-hydrogen) atoms. The lowest BCUT2D eigenvalue weighted by Gasteiger charge is -2.12. The Morgan fingerprint density at radius 1 is 1.54 bits per heavy atom. The Morgan fingerprint density at radius 2 is 2.23 bits per heavy atom. The maximum absolute atomic E-state index is 11.5. The Kier molecular flexibility index (Phi) is 3.07. The zero-order valence-electron chi connectivity index (χ0n) is 7.94. The minimum Gasteiger partial charge on any atom is -0.431 e. The molecule has 0 saturated carbocycles. The van der Waals surface area contributed by atoms with Crippen LogP contribution >= 0.6 is 7.52 Å². The Balaban J connectivity index is 2.75. The Bertz CT molecular complexity index is 323. The van der Waals surface area contributed by atoms with Crippen molar-refractivity contribution in [1.29, 1.82) is 0 Å². The molecule has 5 heteroatoms. The molecule has 4 nitrogen and oxygen atoms in total. The van der Waals surface area contributed by atoms with E-state index in [-0.39, 0.29) is 0 Å². The van der Waals surface area contributed by atoms with Gasteiger partial charge in [0.2, 0.25) is 0 Å². The molecule has 1 rings (SSSR count). The summed E-state index contributed by atoms with van der Waals surface area (Å²) in [7, 11) is -1.10. The molecule has 1 aromatic rings. The van der Waals surface area contributed by atoms with Crippen molar-refractivity contribution < 1.29 is 9.09 Å². The van der Waals surface area contributed by atoms with Crippen molar-refractivity contribution in [1.82, 2.24) is 10.1 Å². The summed E-state index contributed by atoms with van der Waals surface area (Å²) in [6.07, 6.45) is 1.56. The molecule has 0 saturated heterocycles. The number of nitrogens with zero attached hydrogens (tertiary/aromatic N) is 1. The van der Waals surface area contributed by atoms with Crippen LogP contribution in [0.3, 0.4) is 0 Å². The third-order valence-electron chi connectivity index (χ3n) is 1.57. The van der Waals surface area contributed by atoms with Crippen LogP contribution in [-0.2, 0) is 4.57 Å². The molecule has 0 spiro atoms. The summed E-state index contributed by atoms with van der Waals surface area (Å²) >= 11 is 0. The Morgan fingerprint density at radius 3 is 2.69 bits per heavy atom. The van der Waals surface area contributed by atoms with Crippen LogP contribution in [0.1, 0.15) is 5.69 Å². The quantitative estimate of drug-likeness (QED) is 0.756. The molecule has 72 valence electrons. The first-order valence-electron chi connectivity index (χ1n) is 3.92. The maximum atomic E-state index is 11.5. The van der Waals surface area contributed by atoms with Crippen LogP contribution in [0, 0.1) is 6.92 Å². The molecule has 1 unspecified atom stereocenters. The minimum absolute atomic E-state index is 0.519. The average Bonchev–Trinajstić information content (AvgIpc) is 2.09. The van der Waals surface area contributed by atoms with Crippen molar-refractivity contribution in [3.63, 3.8) is 0 Å². The number of aryl methyl sites for hydroxylation is 1.